The molecule has 0 aliphatic heterocycles. The van der Waals surface area contributed by atoms with Gasteiger partial charge in [-0.1, -0.05) is 12.1 Å². The van der Waals surface area contributed by atoms with E-state index in [4.69, 9.17) is 10.5 Å². The van der Waals surface area contributed by atoms with Gasteiger partial charge in [-0.05, 0) is 67.1 Å². The van der Waals surface area contributed by atoms with E-state index in [0.29, 0.717) is 17.2 Å². The Morgan fingerprint density at radius 2 is 1.48 bits per heavy atom. The van der Waals surface area contributed by atoms with Crippen LogP contribution in [0.5, 0.6) is 11.5 Å². The molecule has 3 N–H and O–H groups in total. The number of rotatable bonds is 4. The number of aryl methyl sites for hydroxylation is 1. The monoisotopic (exact) mass is 308 g/mol. The third-order valence-corrected chi connectivity index (χ3v) is 3.48. The van der Waals surface area contributed by atoms with E-state index in [1.54, 1.807) is 12.1 Å². The minimum atomic E-state index is -0.285. The molecule has 3 aromatic rings. The van der Waals surface area contributed by atoms with Gasteiger partial charge in [0.25, 0.3) is 0 Å². The SMILES string of the molecule is Cc1cccc(N)c1Nc1ccc(Oc2ccc(F)cc2)cc1. The van der Waals surface area contributed by atoms with Crippen LogP contribution in [0.25, 0.3) is 0 Å². The highest BCUT2D eigenvalue weighted by Crippen LogP contribution is 2.28. The van der Waals surface area contributed by atoms with E-state index in [9.17, 15) is 4.39 Å². The molecular weight excluding hydrogens is 291 g/mol. The highest BCUT2D eigenvalue weighted by molar-refractivity contribution is 5.75. The number of hydrogen-bond acceptors (Lipinski definition) is 3. The lowest BCUT2D eigenvalue weighted by Crippen LogP contribution is -1.98. The second-order valence-electron chi connectivity index (χ2n) is 5.24. The van der Waals surface area contributed by atoms with E-state index in [-0.39, 0.29) is 5.82 Å². The van der Waals surface area contributed by atoms with Crippen LogP contribution in [0.3, 0.4) is 0 Å². The summed E-state index contributed by atoms with van der Waals surface area (Å²) in [6.45, 7) is 2.00. The van der Waals surface area contributed by atoms with Crippen molar-refractivity contribution in [1.29, 1.82) is 0 Å². The zero-order chi connectivity index (χ0) is 16.2. The quantitative estimate of drug-likeness (QED) is 0.647. The lowest BCUT2D eigenvalue weighted by atomic mass is 10.1. The van der Waals surface area contributed by atoms with Gasteiger partial charge in [0.05, 0.1) is 11.4 Å². The number of nitrogen functional groups attached to an aromatic ring is 1. The first-order valence-corrected chi connectivity index (χ1v) is 7.27. The smallest absolute Gasteiger partial charge is 0.127 e. The maximum absolute atomic E-state index is 12.9. The van der Waals surface area contributed by atoms with Gasteiger partial charge in [-0.3, -0.25) is 0 Å². The van der Waals surface area contributed by atoms with Gasteiger partial charge in [0.1, 0.15) is 17.3 Å². The number of hydrogen-bond donors (Lipinski definition) is 2. The minimum Gasteiger partial charge on any atom is -0.457 e. The molecule has 23 heavy (non-hydrogen) atoms. The maximum Gasteiger partial charge on any atom is 0.127 e. The molecule has 3 aromatic carbocycles. The predicted octanol–water partition coefficient (Wildman–Crippen LogP) is 5.25. The molecule has 0 aliphatic carbocycles. The van der Waals surface area contributed by atoms with Gasteiger partial charge in [-0.25, -0.2) is 4.39 Å². The predicted molar refractivity (Wildman–Crippen MR) is 91.8 cm³/mol. The number of halogens is 1. The van der Waals surface area contributed by atoms with Crippen molar-refractivity contribution in [3.8, 4) is 11.5 Å². The Hall–Kier alpha value is -3.01. The normalized spacial score (nSPS) is 10.3. The van der Waals surface area contributed by atoms with Crippen LogP contribution in [0.4, 0.5) is 21.5 Å². The number of anilines is 3. The third kappa shape index (κ3) is 3.61. The molecule has 0 saturated heterocycles. The van der Waals surface area contributed by atoms with E-state index in [2.05, 4.69) is 5.32 Å². The summed E-state index contributed by atoms with van der Waals surface area (Å²) in [5.74, 6) is 0.989. The van der Waals surface area contributed by atoms with Crippen LogP contribution in [0.2, 0.25) is 0 Å². The molecule has 0 amide bonds. The molecule has 0 aliphatic rings. The van der Waals surface area contributed by atoms with Crippen LogP contribution in [0.1, 0.15) is 5.56 Å². The molecule has 0 radical (unpaired) electrons. The average Bonchev–Trinajstić information content (AvgIpc) is 2.55. The Bertz CT molecular complexity index is 778. The van der Waals surface area contributed by atoms with Crippen LogP contribution >= 0.6 is 0 Å². The van der Waals surface area contributed by atoms with E-state index in [0.717, 1.165) is 16.9 Å². The minimum absolute atomic E-state index is 0.285. The fraction of sp³-hybridized carbons (Fsp3) is 0.0526. The van der Waals surface area contributed by atoms with Gasteiger partial charge in [0.2, 0.25) is 0 Å². The van der Waals surface area contributed by atoms with Gasteiger partial charge < -0.3 is 15.8 Å². The average molecular weight is 308 g/mol. The Balaban J connectivity index is 1.73. The number of ether oxygens (including phenoxy) is 1. The zero-order valence-electron chi connectivity index (χ0n) is 12.7. The van der Waals surface area contributed by atoms with E-state index < -0.39 is 0 Å². The Morgan fingerprint density at radius 1 is 0.870 bits per heavy atom. The standard InChI is InChI=1S/C19H17FN2O/c1-13-3-2-4-18(21)19(13)22-15-7-11-17(12-8-15)23-16-9-5-14(20)6-10-16/h2-12,22H,21H2,1H3. The van der Waals surface area contributed by atoms with Crippen molar-refractivity contribution < 1.29 is 9.13 Å². The Kier molecular flexibility index (Phi) is 4.15. The summed E-state index contributed by atoms with van der Waals surface area (Å²) in [6, 6.07) is 19.2. The van der Waals surface area contributed by atoms with Crippen molar-refractivity contribution in [2.45, 2.75) is 6.92 Å². The number of benzene rings is 3. The molecule has 0 heterocycles. The number of nitrogens with one attached hydrogen (secondary N) is 1. The summed E-state index contributed by atoms with van der Waals surface area (Å²) in [5.41, 5.74) is 9.60. The fourth-order valence-corrected chi connectivity index (χ4v) is 2.25. The molecule has 3 rings (SSSR count). The first kappa shape index (κ1) is 14.9. The summed E-state index contributed by atoms with van der Waals surface area (Å²) in [5, 5.41) is 3.31. The van der Waals surface area contributed by atoms with Crippen LogP contribution in [0.15, 0.2) is 66.7 Å². The summed E-state index contributed by atoms with van der Waals surface area (Å²) < 4.78 is 18.5. The first-order chi connectivity index (χ1) is 11.1. The van der Waals surface area contributed by atoms with Crippen molar-refractivity contribution in [3.63, 3.8) is 0 Å². The topological polar surface area (TPSA) is 47.3 Å². The van der Waals surface area contributed by atoms with Gasteiger partial charge in [0.15, 0.2) is 0 Å². The van der Waals surface area contributed by atoms with Crippen molar-refractivity contribution >= 4 is 17.1 Å². The summed E-state index contributed by atoms with van der Waals surface area (Å²) in [4.78, 5) is 0. The molecule has 3 nitrogen and oxygen atoms in total. The fourth-order valence-electron chi connectivity index (χ4n) is 2.25. The van der Waals surface area contributed by atoms with E-state index in [1.165, 1.54) is 12.1 Å². The second-order valence-corrected chi connectivity index (χ2v) is 5.24. The molecule has 4 heteroatoms. The largest absolute Gasteiger partial charge is 0.457 e. The lowest BCUT2D eigenvalue weighted by Gasteiger charge is -2.13. The van der Waals surface area contributed by atoms with E-state index in [1.807, 2.05) is 49.4 Å². The van der Waals surface area contributed by atoms with Crippen molar-refractivity contribution in [2.75, 3.05) is 11.1 Å². The van der Waals surface area contributed by atoms with Gasteiger partial charge >= 0.3 is 0 Å². The third-order valence-electron chi connectivity index (χ3n) is 3.48. The molecule has 0 atom stereocenters. The highest BCUT2D eigenvalue weighted by atomic mass is 19.1. The van der Waals surface area contributed by atoms with Gasteiger partial charge in [-0.2, -0.15) is 0 Å². The highest BCUT2D eigenvalue weighted by Gasteiger charge is 2.04. The van der Waals surface area contributed by atoms with Crippen LogP contribution in [-0.4, -0.2) is 0 Å². The Morgan fingerprint density at radius 3 is 2.09 bits per heavy atom. The summed E-state index contributed by atoms with van der Waals surface area (Å²) >= 11 is 0. The number of nitrogens with two attached hydrogens (primary N) is 1. The number of para-hydroxylation sites is 1. The van der Waals surface area contributed by atoms with Crippen LogP contribution in [0, 0.1) is 12.7 Å². The molecular formula is C19H17FN2O. The molecule has 0 aromatic heterocycles. The molecule has 0 fully saturated rings. The van der Waals surface area contributed by atoms with Crippen molar-refractivity contribution in [2.24, 2.45) is 0 Å². The van der Waals surface area contributed by atoms with Gasteiger partial charge in [-0.15, -0.1) is 0 Å². The van der Waals surface area contributed by atoms with Crippen LogP contribution < -0.4 is 15.8 Å². The van der Waals surface area contributed by atoms with Crippen molar-refractivity contribution in [3.05, 3.63) is 78.1 Å². The zero-order valence-corrected chi connectivity index (χ0v) is 12.7. The lowest BCUT2D eigenvalue weighted by molar-refractivity contribution is 0.480. The Labute approximate surface area is 134 Å². The maximum atomic E-state index is 12.9. The molecule has 0 spiro atoms. The first-order valence-electron chi connectivity index (χ1n) is 7.27. The van der Waals surface area contributed by atoms with Crippen LogP contribution in [-0.2, 0) is 0 Å². The molecule has 116 valence electrons. The van der Waals surface area contributed by atoms with Crippen molar-refractivity contribution in [1.82, 2.24) is 0 Å². The van der Waals surface area contributed by atoms with Gasteiger partial charge in [0, 0.05) is 5.69 Å². The molecule has 0 saturated carbocycles. The molecule has 0 bridgehead atoms. The second kappa shape index (κ2) is 6.40. The van der Waals surface area contributed by atoms with E-state index >= 15 is 0 Å². The molecule has 0 unspecified atom stereocenters. The summed E-state index contributed by atoms with van der Waals surface area (Å²) in [6.07, 6.45) is 0. The summed E-state index contributed by atoms with van der Waals surface area (Å²) in [7, 11) is 0.